The van der Waals surface area contributed by atoms with Crippen molar-refractivity contribution in [1.82, 2.24) is 15.3 Å². The van der Waals surface area contributed by atoms with Crippen molar-refractivity contribution in [2.75, 3.05) is 13.2 Å². The van der Waals surface area contributed by atoms with Gasteiger partial charge in [-0.25, -0.2) is 14.4 Å². The minimum absolute atomic E-state index is 0.0839. The monoisotopic (exact) mass is 393 g/mol. The van der Waals surface area contributed by atoms with E-state index in [0.717, 1.165) is 19.4 Å². The van der Waals surface area contributed by atoms with E-state index in [9.17, 15) is 9.18 Å². The van der Waals surface area contributed by atoms with E-state index in [0.29, 0.717) is 35.0 Å². The number of hydrogen-bond acceptors (Lipinski definition) is 5. The lowest BCUT2D eigenvalue weighted by molar-refractivity contribution is 0.0857. The minimum atomic E-state index is -0.342. The van der Waals surface area contributed by atoms with Crippen LogP contribution in [0.4, 0.5) is 4.39 Å². The Bertz CT molecular complexity index is 1010. The molecule has 0 radical (unpaired) electrons. The number of hydrogen-bond donors (Lipinski definition) is 1. The highest BCUT2D eigenvalue weighted by atomic mass is 19.1. The third-order valence-corrected chi connectivity index (χ3v) is 4.60. The number of ether oxygens (including phenoxy) is 2. The maximum atomic E-state index is 13.5. The standard InChI is InChI=1S/C22H20FN3O3/c23-17-6-1-4-15(10-17)20-12-21(26-14-25-20)29-18-7-2-5-16(11-18)22(27)24-13-19-8-3-9-28-19/h1-2,4-7,10-12,14,19H,3,8-9,13H2,(H,24,27)/t19-/m1/s1. The topological polar surface area (TPSA) is 73.3 Å². The first kappa shape index (κ1) is 19.0. The fourth-order valence-electron chi connectivity index (χ4n) is 3.14. The Morgan fingerprint density at radius 3 is 2.90 bits per heavy atom. The first-order valence-corrected chi connectivity index (χ1v) is 9.43. The van der Waals surface area contributed by atoms with Gasteiger partial charge in [-0.2, -0.15) is 0 Å². The van der Waals surface area contributed by atoms with Gasteiger partial charge in [-0.1, -0.05) is 18.2 Å². The average Bonchev–Trinajstić information content (AvgIpc) is 3.26. The molecule has 0 saturated carbocycles. The largest absolute Gasteiger partial charge is 0.439 e. The number of benzene rings is 2. The molecule has 0 unspecified atom stereocenters. The zero-order valence-corrected chi connectivity index (χ0v) is 15.7. The fourth-order valence-corrected chi connectivity index (χ4v) is 3.14. The van der Waals surface area contributed by atoms with Crippen LogP contribution in [0.3, 0.4) is 0 Å². The van der Waals surface area contributed by atoms with Gasteiger partial charge in [0, 0.05) is 30.3 Å². The Kier molecular flexibility index (Phi) is 5.76. The number of nitrogens with one attached hydrogen (secondary N) is 1. The van der Waals surface area contributed by atoms with Gasteiger partial charge in [-0.15, -0.1) is 0 Å². The third kappa shape index (κ3) is 4.94. The highest BCUT2D eigenvalue weighted by molar-refractivity contribution is 5.94. The summed E-state index contributed by atoms with van der Waals surface area (Å²) in [5, 5.41) is 2.89. The molecule has 0 bridgehead atoms. The summed E-state index contributed by atoms with van der Waals surface area (Å²) in [5.74, 6) is 0.245. The molecular formula is C22H20FN3O3. The van der Waals surface area contributed by atoms with Crippen LogP contribution < -0.4 is 10.1 Å². The molecule has 2 heterocycles. The maximum Gasteiger partial charge on any atom is 0.251 e. The molecule has 6 nitrogen and oxygen atoms in total. The van der Waals surface area contributed by atoms with Gasteiger partial charge in [-0.3, -0.25) is 4.79 Å². The first-order valence-electron chi connectivity index (χ1n) is 9.43. The van der Waals surface area contributed by atoms with Crippen LogP contribution in [0, 0.1) is 5.82 Å². The van der Waals surface area contributed by atoms with E-state index in [-0.39, 0.29) is 17.8 Å². The lowest BCUT2D eigenvalue weighted by atomic mass is 10.1. The van der Waals surface area contributed by atoms with Crippen LogP contribution in [0.25, 0.3) is 11.3 Å². The van der Waals surface area contributed by atoms with E-state index in [4.69, 9.17) is 9.47 Å². The molecule has 1 aliphatic heterocycles. The number of amides is 1. The fraction of sp³-hybridized carbons (Fsp3) is 0.227. The molecular weight excluding hydrogens is 373 g/mol. The SMILES string of the molecule is O=C(NC[C@H]1CCCO1)c1cccc(Oc2cc(-c3cccc(F)c3)ncn2)c1. The Labute approximate surface area is 167 Å². The van der Waals surface area contributed by atoms with Crippen LogP contribution in [0.15, 0.2) is 60.9 Å². The van der Waals surface area contributed by atoms with Crippen molar-refractivity contribution in [3.05, 3.63) is 72.3 Å². The molecule has 1 aromatic heterocycles. The van der Waals surface area contributed by atoms with Crippen LogP contribution >= 0.6 is 0 Å². The van der Waals surface area contributed by atoms with E-state index in [2.05, 4.69) is 15.3 Å². The summed E-state index contributed by atoms with van der Waals surface area (Å²) in [5.41, 5.74) is 1.65. The summed E-state index contributed by atoms with van der Waals surface area (Å²) in [6, 6.07) is 14.6. The van der Waals surface area contributed by atoms with Crippen molar-refractivity contribution in [2.45, 2.75) is 18.9 Å². The van der Waals surface area contributed by atoms with Crippen LogP contribution in [0.5, 0.6) is 11.6 Å². The van der Waals surface area contributed by atoms with Crippen molar-refractivity contribution in [3.8, 4) is 22.9 Å². The number of halogens is 1. The summed E-state index contributed by atoms with van der Waals surface area (Å²) in [4.78, 5) is 20.7. The summed E-state index contributed by atoms with van der Waals surface area (Å²) >= 11 is 0. The van der Waals surface area contributed by atoms with Crippen molar-refractivity contribution in [2.24, 2.45) is 0 Å². The lowest BCUT2D eigenvalue weighted by Crippen LogP contribution is -2.31. The van der Waals surface area contributed by atoms with Crippen molar-refractivity contribution < 1.29 is 18.7 Å². The zero-order chi connectivity index (χ0) is 20.1. The van der Waals surface area contributed by atoms with Gasteiger partial charge in [0.1, 0.15) is 17.9 Å². The number of nitrogens with zero attached hydrogens (tertiary/aromatic N) is 2. The highest BCUT2D eigenvalue weighted by Gasteiger charge is 2.17. The molecule has 0 spiro atoms. The molecule has 2 aromatic carbocycles. The molecule has 1 amide bonds. The van der Waals surface area contributed by atoms with Crippen LogP contribution in [0.2, 0.25) is 0 Å². The quantitative estimate of drug-likeness (QED) is 0.686. The summed E-state index contributed by atoms with van der Waals surface area (Å²) in [6.07, 6.45) is 3.43. The Balaban J connectivity index is 1.45. The van der Waals surface area contributed by atoms with Crippen molar-refractivity contribution in [3.63, 3.8) is 0 Å². The second kappa shape index (κ2) is 8.79. The second-order valence-corrected chi connectivity index (χ2v) is 6.73. The van der Waals surface area contributed by atoms with Gasteiger partial charge in [0.2, 0.25) is 5.88 Å². The third-order valence-electron chi connectivity index (χ3n) is 4.60. The highest BCUT2D eigenvalue weighted by Crippen LogP contribution is 2.25. The number of aromatic nitrogens is 2. The van der Waals surface area contributed by atoms with Crippen molar-refractivity contribution >= 4 is 5.91 Å². The Hall–Kier alpha value is -3.32. The minimum Gasteiger partial charge on any atom is -0.439 e. The molecule has 1 saturated heterocycles. The van der Waals surface area contributed by atoms with Gasteiger partial charge < -0.3 is 14.8 Å². The molecule has 1 aliphatic rings. The molecule has 1 atom stereocenters. The van der Waals surface area contributed by atoms with Crippen molar-refractivity contribution in [1.29, 1.82) is 0 Å². The second-order valence-electron chi connectivity index (χ2n) is 6.73. The number of rotatable bonds is 6. The molecule has 1 N–H and O–H groups in total. The average molecular weight is 393 g/mol. The predicted octanol–water partition coefficient (Wildman–Crippen LogP) is 3.98. The smallest absolute Gasteiger partial charge is 0.251 e. The molecule has 0 aliphatic carbocycles. The summed E-state index contributed by atoms with van der Waals surface area (Å²) in [7, 11) is 0. The van der Waals surface area contributed by atoms with Gasteiger partial charge in [0.05, 0.1) is 11.8 Å². The normalized spacial score (nSPS) is 15.8. The maximum absolute atomic E-state index is 13.5. The van der Waals surface area contributed by atoms with E-state index >= 15 is 0 Å². The van der Waals surface area contributed by atoms with Crippen LogP contribution in [0.1, 0.15) is 23.2 Å². The van der Waals surface area contributed by atoms with Gasteiger partial charge in [-0.05, 0) is 43.2 Å². The van der Waals surface area contributed by atoms with Crippen LogP contribution in [-0.2, 0) is 4.74 Å². The predicted molar refractivity (Wildman–Crippen MR) is 105 cm³/mol. The number of carbonyl (C=O) groups excluding carboxylic acids is 1. The molecule has 4 rings (SSSR count). The Morgan fingerprint density at radius 1 is 1.17 bits per heavy atom. The van der Waals surface area contributed by atoms with E-state index in [1.165, 1.54) is 18.5 Å². The molecule has 1 fully saturated rings. The molecule has 148 valence electrons. The summed E-state index contributed by atoms with van der Waals surface area (Å²) in [6.45, 7) is 1.24. The van der Waals surface area contributed by atoms with E-state index < -0.39 is 0 Å². The zero-order valence-electron chi connectivity index (χ0n) is 15.7. The molecule has 7 heteroatoms. The van der Waals surface area contributed by atoms with Gasteiger partial charge >= 0.3 is 0 Å². The van der Waals surface area contributed by atoms with Gasteiger partial charge in [0.15, 0.2) is 0 Å². The van der Waals surface area contributed by atoms with Gasteiger partial charge in [0.25, 0.3) is 5.91 Å². The lowest BCUT2D eigenvalue weighted by Gasteiger charge is -2.11. The Morgan fingerprint density at radius 2 is 2.07 bits per heavy atom. The van der Waals surface area contributed by atoms with Crippen LogP contribution in [-0.4, -0.2) is 35.1 Å². The summed E-state index contributed by atoms with van der Waals surface area (Å²) < 4.78 is 24.8. The number of carbonyl (C=O) groups is 1. The molecule has 3 aromatic rings. The first-order chi connectivity index (χ1) is 14.2. The van der Waals surface area contributed by atoms with E-state index in [1.807, 2.05) is 0 Å². The molecule has 29 heavy (non-hydrogen) atoms. The van der Waals surface area contributed by atoms with E-state index in [1.54, 1.807) is 42.5 Å².